The Balaban J connectivity index is 2.62. The summed E-state index contributed by atoms with van der Waals surface area (Å²) in [5, 5.41) is 30.5. The number of nitrogens with one attached hydrogen (secondary N) is 1. The summed E-state index contributed by atoms with van der Waals surface area (Å²) in [6.07, 6.45) is 0.346. The lowest BCUT2D eigenvalue weighted by atomic mass is 10.1. The fourth-order valence-electron chi connectivity index (χ4n) is 1.27. The lowest BCUT2D eigenvalue weighted by molar-refractivity contribution is -0.117. The van der Waals surface area contributed by atoms with Gasteiger partial charge in [-0.05, 0) is 25.0 Å². The van der Waals surface area contributed by atoms with E-state index in [1.165, 1.54) is 12.1 Å². The average molecular weight is 237 g/mol. The maximum atomic E-state index is 11.2. The molecule has 5 nitrogen and oxygen atoms in total. The van der Waals surface area contributed by atoms with Crippen LogP contribution in [0.2, 0.25) is 0 Å². The van der Waals surface area contributed by atoms with Crippen LogP contribution in [-0.4, -0.2) is 27.8 Å². The summed E-state index contributed by atoms with van der Waals surface area (Å²) in [5.41, 5.74) is 0.852. The molecule has 0 atom stereocenters. The first-order valence-corrected chi connectivity index (χ1v) is 5.10. The van der Waals surface area contributed by atoms with Gasteiger partial charge in [0, 0.05) is 12.1 Å². The first kappa shape index (κ1) is 12.9. The van der Waals surface area contributed by atoms with Crippen LogP contribution in [0, 0.1) is 0 Å². The van der Waals surface area contributed by atoms with E-state index < -0.39 is 5.75 Å². The van der Waals surface area contributed by atoms with Gasteiger partial charge < -0.3 is 20.6 Å². The van der Waals surface area contributed by atoms with Crippen molar-refractivity contribution in [2.45, 2.75) is 13.3 Å². The number of hydrogen-bond donors (Lipinski definition) is 4. The zero-order chi connectivity index (χ0) is 13.0. The van der Waals surface area contributed by atoms with E-state index in [1.807, 2.05) is 0 Å². The fraction of sp³-hybridized carbons (Fsp3) is 0.250. The standard InChI is InChI=1S/C12H15NO4/c1-7(2)12(17)13-6-5-8-3-4-9(14)11(16)10(8)15/h3-4,14-16H,1,5-6H2,2H3,(H,13,17). The molecule has 0 aromatic heterocycles. The van der Waals surface area contributed by atoms with Gasteiger partial charge in [0.15, 0.2) is 11.5 Å². The minimum atomic E-state index is -0.547. The van der Waals surface area contributed by atoms with E-state index in [0.717, 1.165) is 0 Å². The first-order valence-electron chi connectivity index (χ1n) is 5.10. The molecule has 0 heterocycles. The molecule has 1 aromatic carbocycles. The zero-order valence-corrected chi connectivity index (χ0v) is 9.53. The number of benzene rings is 1. The normalized spacial score (nSPS) is 9.94. The van der Waals surface area contributed by atoms with Crippen LogP contribution in [0.1, 0.15) is 12.5 Å². The van der Waals surface area contributed by atoms with E-state index in [4.69, 9.17) is 5.11 Å². The molecule has 1 aromatic rings. The van der Waals surface area contributed by atoms with Gasteiger partial charge in [-0.25, -0.2) is 0 Å². The van der Waals surface area contributed by atoms with Crippen molar-refractivity contribution in [2.75, 3.05) is 6.54 Å². The van der Waals surface area contributed by atoms with Crippen LogP contribution >= 0.6 is 0 Å². The topological polar surface area (TPSA) is 89.8 Å². The minimum absolute atomic E-state index is 0.257. The summed E-state index contributed by atoms with van der Waals surface area (Å²) < 4.78 is 0. The summed E-state index contributed by atoms with van der Waals surface area (Å²) in [6.45, 7) is 5.39. The molecule has 0 aliphatic rings. The molecule has 0 unspecified atom stereocenters. The number of carbonyl (C=O) groups is 1. The van der Waals surface area contributed by atoms with Gasteiger partial charge in [-0.15, -0.1) is 0 Å². The third-order valence-corrected chi connectivity index (χ3v) is 2.28. The molecule has 0 spiro atoms. The van der Waals surface area contributed by atoms with Crippen molar-refractivity contribution in [1.29, 1.82) is 0 Å². The van der Waals surface area contributed by atoms with E-state index in [2.05, 4.69) is 11.9 Å². The predicted octanol–water partition coefficient (Wildman–Crippen LogP) is 1.04. The molecule has 0 radical (unpaired) electrons. The first-order chi connectivity index (χ1) is 7.93. The molecule has 0 saturated heterocycles. The smallest absolute Gasteiger partial charge is 0.246 e. The van der Waals surface area contributed by atoms with Gasteiger partial charge in [0.25, 0.3) is 0 Å². The highest BCUT2D eigenvalue weighted by Gasteiger charge is 2.10. The quantitative estimate of drug-likeness (QED) is 0.465. The minimum Gasteiger partial charge on any atom is -0.504 e. The van der Waals surface area contributed by atoms with Gasteiger partial charge in [-0.1, -0.05) is 12.6 Å². The van der Waals surface area contributed by atoms with Crippen molar-refractivity contribution < 1.29 is 20.1 Å². The number of hydrogen-bond acceptors (Lipinski definition) is 4. The van der Waals surface area contributed by atoms with Crippen molar-refractivity contribution in [3.05, 3.63) is 29.8 Å². The molecule has 0 fully saturated rings. The molecular formula is C12H15NO4. The Bertz CT molecular complexity index is 454. The van der Waals surface area contributed by atoms with Gasteiger partial charge in [-0.3, -0.25) is 4.79 Å². The SMILES string of the molecule is C=C(C)C(=O)NCCc1ccc(O)c(O)c1O. The summed E-state index contributed by atoms with van der Waals surface area (Å²) in [4.78, 5) is 11.2. The Hall–Kier alpha value is -2.17. The Morgan fingerprint density at radius 2 is 1.94 bits per heavy atom. The largest absolute Gasteiger partial charge is 0.504 e. The van der Waals surface area contributed by atoms with E-state index in [9.17, 15) is 15.0 Å². The number of phenols is 3. The molecule has 1 amide bonds. The highest BCUT2D eigenvalue weighted by atomic mass is 16.3. The Morgan fingerprint density at radius 3 is 2.53 bits per heavy atom. The van der Waals surface area contributed by atoms with E-state index in [1.54, 1.807) is 6.92 Å². The molecule has 0 aliphatic carbocycles. The monoisotopic (exact) mass is 237 g/mol. The van der Waals surface area contributed by atoms with Crippen molar-refractivity contribution in [2.24, 2.45) is 0 Å². The van der Waals surface area contributed by atoms with Crippen LogP contribution in [0.15, 0.2) is 24.3 Å². The summed E-state index contributed by atoms with van der Waals surface area (Å²) in [6, 6.07) is 2.77. The molecule has 0 saturated carbocycles. The van der Waals surface area contributed by atoms with E-state index in [0.29, 0.717) is 24.1 Å². The molecule has 4 N–H and O–H groups in total. The van der Waals surface area contributed by atoms with Crippen molar-refractivity contribution in [3.63, 3.8) is 0 Å². The number of carbonyl (C=O) groups excluding carboxylic acids is 1. The Kier molecular flexibility index (Phi) is 3.98. The van der Waals surface area contributed by atoms with Gasteiger partial charge in [-0.2, -0.15) is 0 Å². The third-order valence-electron chi connectivity index (χ3n) is 2.28. The van der Waals surface area contributed by atoms with E-state index >= 15 is 0 Å². The number of aromatic hydroxyl groups is 3. The number of phenolic OH excluding ortho intramolecular Hbond substituents is 3. The summed E-state index contributed by atoms with van der Waals surface area (Å²) in [5.74, 6) is -1.55. The van der Waals surface area contributed by atoms with Crippen LogP contribution in [0.4, 0.5) is 0 Å². The van der Waals surface area contributed by atoms with Gasteiger partial charge in [0.05, 0.1) is 0 Å². The van der Waals surface area contributed by atoms with Crippen molar-refractivity contribution >= 4 is 5.91 Å². The lowest BCUT2D eigenvalue weighted by Crippen LogP contribution is -2.25. The molecule has 5 heteroatoms. The Labute approximate surface area is 99.0 Å². The zero-order valence-electron chi connectivity index (χ0n) is 9.53. The highest BCUT2D eigenvalue weighted by Crippen LogP contribution is 2.36. The second kappa shape index (κ2) is 5.25. The van der Waals surface area contributed by atoms with Crippen LogP contribution in [0.3, 0.4) is 0 Å². The maximum absolute atomic E-state index is 11.2. The van der Waals surface area contributed by atoms with Gasteiger partial charge in [0.2, 0.25) is 11.7 Å². The number of amides is 1. The highest BCUT2D eigenvalue weighted by molar-refractivity contribution is 5.92. The summed E-state index contributed by atoms with van der Waals surface area (Å²) >= 11 is 0. The molecule has 0 bridgehead atoms. The molecule has 0 aliphatic heterocycles. The second-order valence-electron chi connectivity index (χ2n) is 3.73. The number of rotatable bonds is 4. The average Bonchev–Trinajstić information content (AvgIpc) is 2.28. The lowest BCUT2D eigenvalue weighted by Gasteiger charge is -2.08. The van der Waals surface area contributed by atoms with E-state index in [-0.39, 0.29) is 17.4 Å². The molecule has 17 heavy (non-hydrogen) atoms. The Morgan fingerprint density at radius 1 is 1.29 bits per heavy atom. The van der Waals surface area contributed by atoms with Gasteiger partial charge in [0.1, 0.15) is 0 Å². The van der Waals surface area contributed by atoms with Crippen LogP contribution in [0.5, 0.6) is 17.2 Å². The van der Waals surface area contributed by atoms with Crippen LogP contribution in [0.25, 0.3) is 0 Å². The van der Waals surface area contributed by atoms with Crippen molar-refractivity contribution in [3.8, 4) is 17.2 Å². The second-order valence-corrected chi connectivity index (χ2v) is 3.73. The van der Waals surface area contributed by atoms with Crippen LogP contribution < -0.4 is 5.32 Å². The third kappa shape index (κ3) is 3.14. The van der Waals surface area contributed by atoms with Crippen molar-refractivity contribution in [1.82, 2.24) is 5.32 Å². The maximum Gasteiger partial charge on any atom is 0.246 e. The molecule has 1 rings (SSSR count). The summed E-state index contributed by atoms with van der Waals surface area (Å²) in [7, 11) is 0. The predicted molar refractivity (Wildman–Crippen MR) is 63.0 cm³/mol. The molecular weight excluding hydrogens is 222 g/mol. The molecule has 92 valence electrons. The fourth-order valence-corrected chi connectivity index (χ4v) is 1.27. The van der Waals surface area contributed by atoms with Gasteiger partial charge >= 0.3 is 0 Å². The van der Waals surface area contributed by atoms with Crippen LogP contribution in [-0.2, 0) is 11.2 Å².